The summed E-state index contributed by atoms with van der Waals surface area (Å²) in [5.74, 6) is -0.134. The number of aliphatic hydroxyl groups is 1. The molecule has 2 rings (SSSR count). The van der Waals surface area contributed by atoms with E-state index in [2.05, 4.69) is 4.90 Å². The minimum atomic E-state index is -0.508. The summed E-state index contributed by atoms with van der Waals surface area (Å²) < 4.78 is 5.07. The number of hydrogen-bond donors (Lipinski definition) is 1. The van der Waals surface area contributed by atoms with E-state index in [1.807, 2.05) is 30.3 Å². The molecule has 0 spiro atoms. The normalized spacial score (nSPS) is 18.7. The van der Waals surface area contributed by atoms with Gasteiger partial charge in [0.25, 0.3) is 0 Å². The van der Waals surface area contributed by atoms with Crippen LogP contribution in [0.2, 0.25) is 0 Å². The highest BCUT2D eigenvalue weighted by Crippen LogP contribution is 2.36. The zero-order chi connectivity index (χ0) is 14.4. The molecule has 1 aromatic rings. The van der Waals surface area contributed by atoms with Crippen molar-refractivity contribution in [3.8, 4) is 0 Å². The van der Waals surface area contributed by atoms with Crippen LogP contribution in [-0.4, -0.2) is 49.3 Å². The summed E-state index contributed by atoms with van der Waals surface area (Å²) in [5, 5.41) is 8.90. The van der Waals surface area contributed by atoms with Crippen LogP contribution in [0.15, 0.2) is 30.3 Å². The van der Waals surface area contributed by atoms with Crippen molar-refractivity contribution in [2.45, 2.75) is 24.7 Å². The predicted octanol–water partition coefficient (Wildman–Crippen LogP) is 1.58. The molecule has 0 amide bonds. The number of esters is 1. The lowest BCUT2D eigenvalue weighted by Gasteiger charge is -2.40. The number of hydrogen-bond acceptors (Lipinski definition) is 4. The molecule has 1 fully saturated rings. The number of carbonyl (C=O) groups is 1. The van der Waals surface area contributed by atoms with Gasteiger partial charge in [0.1, 0.15) is 0 Å². The maximum absolute atomic E-state index is 12.3. The number of piperidine rings is 1. The Morgan fingerprint density at radius 2 is 1.95 bits per heavy atom. The fourth-order valence-electron chi connectivity index (χ4n) is 3.02. The molecule has 1 aromatic carbocycles. The molecule has 0 aliphatic carbocycles. The molecule has 110 valence electrons. The van der Waals surface area contributed by atoms with Gasteiger partial charge in [0.05, 0.1) is 12.5 Å². The molecular weight excluding hydrogens is 254 g/mol. The van der Waals surface area contributed by atoms with E-state index in [1.54, 1.807) is 0 Å². The third kappa shape index (κ3) is 3.02. The summed E-state index contributed by atoms with van der Waals surface area (Å²) in [6, 6.07) is 9.93. The van der Waals surface area contributed by atoms with Gasteiger partial charge < -0.3 is 14.7 Å². The lowest BCUT2D eigenvalue weighted by Crippen LogP contribution is -2.48. The Morgan fingerprint density at radius 1 is 1.30 bits per heavy atom. The average molecular weight is 277 g/mol. The Hall–Kier alpha value is -1.39. The van der Waals surface area contributed by atoms with Crippen molar-refractivity contribution in [1.29, 1.82) is 0 Å². The van der Waals surface area contributed by atoms with Crippen molar-refractivity contribution >= 4 is 5.97 Å². The highest BCUT2D eigenvalue weighted by atomic mass is 16.5. The van der Waals surface area contributed by atoms with Crippen molar-refractivity contribution in [3.63, 3.8) is 0 Å². The first-order valence-corrected chi connectivity index (χ1v) is 7.20. The number of aliphatic hydroxyl groups excluding tert-OH is 1. The number of likely N-dealkylation sites (tertiary alicyclic amines) is 1. The highest BCUT2D eigenvalue weighted by Gasteiger charge is 2.43. The summed E-state index contributed by atoms with van der Waals surface area (Å²) >= 11 is 0. The van der Waals surface area contributed by atoms with E-state index in [0.29, 0.717) is 0 Å². The van der Waals surface area contributed by atoms with E-state index in [-0.39, 0.29) is 12.6 Å². The van der Waals surface area contributed by atoms with Gasteiger partial charge >= 0.3 is 5.97 Å². The number of rotatable bonds is 5. The monoisotopic (exact) mass is 277 g/mol. The molecule has 4 heteroatoms. The van der Waals surface area contributed by atoms with E-state index >= 15 is 0 Å². The van der Waals surface area contributed by atoms with Crippen LogP contribution in [0.3, 0.4) is 0 Å². The second-order valence-electron chi connectivity index (χ2n) is 5.36. The Morgan fingerprint density at radius 3 is 2.50 bits per heavy atom. The summed E-state index contributed by atoms with van der Waals surface area (Å²) in [6.07, 6.45) is 2.33. The standard InChI is InChI=1S/C16H23NO3/c1-20-15(19)16(14-6-3-2-4-7-14)8-11-17(12-9-16)10-5-13-18/h2-4,6-7,18H,5,8-13H2,1H3. The maximum Gasteiger partial charge on any atom is 0.316 e. The van der Waals surface area contributed by atoms with Crippen LogP contribution in [0.25, 0.3) is 0 Å². The van der Waals surface area contributed by atoms with Crippen LogP contribution in [0, 0.1) is 0 Å². The van der Waals surface area contributed by atoms with Crippen molar-refractivity contribution < 1.29 is 14.6 Å². The summed E-state index contributed by atoms with van der Waals surface area (Å²) in [4.78, 5) is 14.6. The Balaban J connectivity index is 2.14. The molecule has 1 N–H and O–H groups in total. The van der Waals surface area contributed by atoms with Crippen molar-refractivity contribution in [2.24, 2.45) is 0 Å². The molecule has 0 bridgehead atoms. The second kappa shape index (κ2) is 6.86. The lowest BCUT2D eigenvalue weighted by atomic mass is 9.72. The van der Waals surface area contributed by atoms with E-state index in [0.717, 1.165) is 44.5 Å². The largest absolute Gasteiger partial charge is 0.468 e. The lowest BCUT2D eigenvalue weighted by molar-refractivity contribution is -0.149. The fourth-order valence-corrected chi connectivity index (χ4v) is 3.02. The molecule has 0 aromatic heterocycles. The molecule has 0 radical (unpaired) electrons. The van der Waals surface area contributed by atoms with Crippen LogP contribution in [-0.2, 0) is 14.9 Å². The second-order valence-corrected chi connectivity index (χ2v) is 5.36. The van der Waals surface area contributed by atoms with Gasteiger partial charge in [0.2, 0.25) is 0 Å². The summed E-state index contributed by atoms with van der Waals surface area (Å²) in [6.45, 7) is 2.84. The molecule has 1 aliphatic heterocycles. The van der Waals surface area contributed by atoms with E-state index in [9.17, 15) is 4.79 Å². The number of methoxy groups -OCH3 is 1. The fraction of sp³-hybridized carbons (Fsp3) is 0.562. The van der Waals surface area contributed by atoms with Gasteiger partial charge in [-0.2, -0.15) is 0 Å². The summed E-state index contributed by atoms with van der Waals surface area (Å²) in [7, 11) is 1.46. The molecule has 0 unspecified atom stereocenters. The van der Waals surface area contributed by atoms with Crippen LogP contribution in [0.4, 0.5) is 0 Å². The van der Waals surface area contributed by atoms with Gasteiger partial charge in [0.15, 0.2) is 0 Å². The molecular formula is C16H23NO3. The average Bonchev–Trinajstić information content (AvgIpc) is 2.53. The Labute approximate surface area is 120 Å². The van der Waals surface area contributed by atoms with Gasteiger partial charge in [-0.05, 0) is 37.9 Å². The van der Waals surface area contributed by atoms with E-state index < -0.39 is 5.41 Å². The molecule has 20 heavy (non-hydrogen) atoms. The van der Waals surface area contributed by atoms with Gasteiger partial charge in [-0.3, -0.25) is 4.79 Å². The first-order valence-electron chi connectivity index (χ1n) is 7.20. The molecule has 4 nitrogen and oxygen atoms in total. The van der Waals surface area contributed by atoms with E-state index in [1.165, 1.54) is 7.11 Å². The summed E-state index contributed by atoms with van der Waals surface area (Å²) in [5.41, 5.74) is 0.541. The predicted molar refractivity (Wildman–Crippen MR) is 77.5 cm³/mol. The topological polar surface area (TPSA) is 49.8 Å². The van der Waals surface area contributed by atoms with Crippen molar-refractivity contribution in [1.82, 2.24) is 4.90 Å². The smallest absolute Gasteiger partial charge is 0.316 e. The molecule has 1 saturated heterocycles. The van der Waals surface area contributed by atoms with E-state index in [4.69, 9.17) is 9.84 Å². The third-order valence-electron chi connectivity index (χ3n) is 4.24. The Bertz CT molecular complexity index is 425. The van der Waals surface area contributed by atoms with Crippen LogP contribution in [0.5, 0.6) is 0 Å². The van der Waals surface area contributed by atoms with Crippen molar-refractivity contribution in [3.05, 3.63) is 35.9 Å². The van der Waals surface area contributed by atoms with Gasteiger partial charge in [0, 0.05) is 13.2 Å². The first-order chi connectivity index (χ1) is 9.73. The number of carbonyl (C=O) groups excluding carboxylic acids is 1. The number of nitrogens with zero attached hydrogens (tertiary/aromatic N) is 1. The molecule has 0 saturated carbocycles. The molecule has 0 atom stereocenters. The molecule has 1 heterocycles. The minimum absolute atomic E-state index is 0.134. The van der Waals surface area contributed by atoms with Crippen molar-refractivity contribution in [2.75, 3.05) is 33.4 Å². The third-order valence-corrected chi connectivity index (χ3v) is 4.24. The van der Waals surface area contributed by atoms with Crippen LogP contribution >= 0.6 is 0 Å². The number of ether oxygens (including phenoxy) is 1. The van der Waals surface area contributed by atoms with Gasteiger partial charge in [-0.1, -0.05) is 30.3 Å². The SMILES string of the molecule is COC(=O)C1(c2ccccc2)CCN(CCCO)CC1. The Kier molecular flexibility index (Phi) is 5.15. The van der Waals surface area contributed by atoms with Gasteiger partial charge in [-0.25, -0.2) is 0 Å². The quantitative estimate of drug-likeness (QED) is 0.830. The molecule has 1 aliphatic rings. The first kappa shape index (κ1) is 15.0. The van der Waals surface area contributed by atoms with Gasteiger partial charge in [-0.15, -0.1) is 0 Å². The van der Waals surface area contributed by atoms with Crippen LogP contribution in [0.1, 0.15) is 24.8 Å². The highest BCUT2D eigenvalue weighted by molar-refractivity contribution is 5.83. The van der Waals surface area contributed by atoms with Crippen LogP contribution < -0.4 is 0 Å². The maximum atomic E-state index is 12.3. The zero-order valence-corrected chi connectivity index (χ0v) is 12.0. The minimum Gasteiger partial charge on any atom is -0.468 e. The number of benzene rings is 1. The zero-order valence-electron chi connectivity index (χ0n) is 12.0.